The number of methoxy groups -OCH3 is 1. The zero-order chi connectivity index (χ0) is 15.0. The lowest BCUT2D eigenvalue weighted by atomic mass is 9.87. The second kappa shape index (κ2) is 5.26. The van der Waals surface area contributed by atoms with Crippen LogP contribution < -0.4 is 0 Å². The summed E-state index contributed by atoms with van der Waals surface area (Å²) >= 11 is 0. The van der Waals surface area contributed by atoms with Gasteiger partial charge in [-0.1, -0.05) is 13.5 Å². The molecule has 0 spiro atoms. The fourth-order valence-corrected chi connectivity index (χ4v) is 2.93. The van der Waals surface area contributed by atoms with Crippen molar-refractivity contribution in [2.75, 3.05) is 7.11 Å². The Morgan fingerprint density at radius 2 is 2.05 bits per heavy atom. The fourth-order valence-electron chi connectivity index (χ4n) is 2.93. The molecule has 1 aliphatic heterocycles. The summed E-state index contributed by atoms with van der Waals surface area (Å²) in [5, 5.41) is 0. The maximum absolute atomic E-state index is 11.9. The zero-order valence-corrected chi connectivity index (χ0v) is 11.8. The highest BCUT2D eigenvalue weighted by atomic mass is 16.6. The van der Waals surface area contributed by atoms with E-state index >= 15 is 0 Å². The van der Waals surface area contributed by atoms with Crippen LogP contribution in [0.15, 0.2) is 12.2 Å². The van der Waals surface area contributed by atoms with Crippen LogP contribution in [0, 0.1) is 17.8 Å². The van der Waals surface area contributed by atoms with Gasteiger partial charge in [0.2, 0.25) is 0 Å². The topological polar surface area (TPSA) is 78.9 Å². The molecule has 6 heteroatoms. The van der Waals surface area contributed by atoms with Crippen molar-refractivity contribution >= 4 is 17.9 Å². The van der Waals surface area contributed by atoms with Crippen molar-refractivity contribution in [2.24, 2.45) is 17.8 Å². The normalized spacial score (nSPS) is 35.1. The van der Waals surface area contributed by atoms with E-state index in [9.17, 15) is 14.4 Å². The Morgan fingerprint density at radius 1 is 1.40 bits per heavy atom. The molecule has 5 unspecified atom stereocenters. The van der Waals surface area contributed by atoms with Gasteiger partial charge in [0, 0.05) is 11.5 Å². The molecule has 0 amide bonds. The number of ether oxygens (including phenoxy) is 3. The molecule has 0 N–H and O–H groups in total. The third kappa shape index (κ3) is 2.30. The molecule has 2 aliphatic rings. The van der Waals surface area contributed by atoms with E-state index in [-0.39, 0.29) is 11.5 Å². The summed E-state index contributed by atoms with van der Waals surface area (Å²) in [4.78, 5) is 35.3. The fraction of sp³-hybridized carbons (Fsp3) is 0.643. The SMILES string of the molecule is C=C(C)C(=O)OC1C2CC(C)C1OC(=O)C2C(=O)OC. The van der Waals surface area contributed by atoms with E-state index in [2.05, 4.69) is 11.3 Å². The molecule has 20 heavy (non-hydrogen) atoms. The second-order valence-electron chi connectivity index (χ2n) is 5.43. The monoisotopic (exact) mass is 282 g/mol. The van der Waals surface area contributed by atoms with E-state index in [0.717, 1.165) is 0 Å². The number of fused-ring (bicyclic) bond motifs is 2. The van der Waals surface area contributed by atoms with Gasteiger partial charge in [-0.2, -0.15) is 0 Å². The standard InChI is InChI=1S/C14H18O6/c1-6(2)12(15)20-11-8-5-7(3)10(11)19-14(17)9(8)13(16)18-4/h7-11H,1,5H2,2-4H3. The van der Waals surface area contributed by atoms with Gasteiger partial charge < -0.3 is 14.2 Å². The minimum Gasteiger partial charge on any atom is -0.468 e. The Morgan fingerprint density at radius 3 is 2.60 bits per heavy atom. The van der Waals surface area contributed by atoms with Crippen molar-refractivity contribution < 1.29 is 28.6 Å². The average molecular weight is 282 g/mol. The van der Waals surface area contributed by atoms with Gasteiger partial charge in [0.25, 0.3) is 0 Å². The molecule has 110 valence electrons. The molecule has 2 fully saturated rings. The lowest BCUT2D eigenvalue weighted by Gasteiger charge is -2.33. The number of hydrogen-bond acceptors (Lipinski definition) is 6. The third-order valence-electron chi connectivity index (χ3n) is 3.93. The van der Waals surface area contributed by atoms with Gasteiger partial charge in [0.15, 0.2) is 5.92 Å². The van der Waals surface area contributed by atoms with Crippen LogP contribution in [0.5, 0.6) is 0 Å². The highest BCUT2D eigenvalue weighted by molar-refractivity contribution is 5.96. The molecule has 1 heterocycles. The van der Waals surface area contributed by atoms with Gasteiger partial charge in [0.05, 0.1) is 7.11 Å². The van der Waals surface area contributed by atoms with Crippen LogP contribution in [0.1, 0.15) is 20.3 Å². The zero-order valence-electron chi connectivity index (χ0n) is 11.8. The summed E-state index contributed by atoms with van der Waals surface area (Å²) in [7, 11) is 1.22. The highest BCUT2D eigenvalue weighted by Gasteiger charge is 2.58. The van der Waals surface area contributed by atoms with Crippen LogP contribution in [0.4, 0.5) is 0 Å². The van der Waals surface area contributed by atoms with Gasteiger partial charge >= 0.3 is 17.9 Å². The largest absolute Gasteiger partial charge is 0.468 e. The van der Waals surface area contributed by atoms with Crippen molar-refractivity contribution in [1.29, 1.82) is 0 Å². The van der Waals surface area contributed by atoms with Gasteiger partial charge in [-0.05, 0) is 19.3 Å². The van der Waals surface area contributed by atoms with Crippen LogP contribution in [-0.4, -0.2) is 37.2 Å². The molecule has 1 saturated carbocycles. The molecule has 1 saturated heterocycles. The van der Waals surface area contributed by atoms with Gasteiger partial charge in [0.1, 0.15) is 12.2 Å². The van der Waals surface area contributed by atoms with Crippen LogP contribution in [0.25, 0.3) is 0 Å². The Bertz CT molecular complexity index is 468. The second-order valence-corrected chi connectivity index (χ2v) is 5.43. The summed E-state index contributed by atoms with van der Waals surface area (Å²) in [6, 6.07) is 0. The molecular formula is C14H18O6. The van der Waals surface area contributed by atoms with Crippen LogP contribution >= 0.6 is 0 Å². The summed E-state index contributed by atoms with van der Waals surface area (Å²) in [5.74, 6) is -3.18. The number of carbonyl (C=O) groups is 3. The Balaban J connectivity index is 2.25. The number of carbonyl (C=O) groups excluding carboxylic acids is 3. The van der Waals surface area contributed by atoms with E-state index in [1.165, 1.54) is 7.11 Å². The molecule has 2 rings (SSSR count). The predicted molar refractivity (Wildman–Crippen MR) is 67.4 cm³/mol. The molecule has 0 aromatic heterocycles. The minimum absolute atomic E-state index is 0.0292. The van der Waals surface area contributed by atoms with Crippen LogP contribution in [0.2, 0.25) is 0 Å². The summed E-state index contributed by atoms with van der Waals surface area (Å²) < 4.78 is 15.3. The first kappa shape index (κ1) is 14.6. The lowest BCUT2D eigenvalue weighted by Crippen LogP contribution is -2.49. The Labute approximate surface area is 117 Å². The molecule has 0 aromatic carbocycles. The van der Waals surface area contributed by atoms with E-state index in [0.29, 0.717) is 6.42 Å². The van der Waals surface area contributed by atoms with Gasteiger partial charge in [-0.15, -0.1) is 0 Å². The predicted octanol–water partition coefficient (Wildman–Crippen LogP) is 0.845. The summed E-state index contributed by atoms with van der Waals surface area (Å²) in [6.45, 7) is 6.97. The third-order valence-corrected chi connectivity index (χ3v) is 3.93. The van der Waals surface area contributed by atoms with E-state index < -0.39 is 42.0 Å². The van der Waals surface area contributed by atoms with Crippen molar-refractivity contribution in [3.05, 3.63) is 12.2 Å². The van der Waals surface area contributed by atoms with Crippen molar-refractivity contribution in [2.45, 2.75) is 32.5 Å². The minimum atomic E-state index is -1.02. The first-order chi connectivity index (χ1) is 9.36. The molecular weight excluding hydrogens is 264 g/mol. The molecule has 0 aromatic rings. The number of hydrogen-bond donors (Lipinski definition) is 0. The molecule has 0 radical (unpaired) electrons. The molecule has 5 atom stereocenters. The number of rotatable bonds is 3. The molecule has 1 aliphatic carbocycles. The lowest BCUT2D eigenvalue weighted by molar-refractivity contribution is -0.190. The molecule has 6 nitrogen and oxygen atoms in total. The van der Waals surface area contributed by atoms with E-state index in [1.807, 2.05) is 6.92 Å². The average Bonchev–Trinajstić information content (AvgIpc) is 2.59. The van der Waals surface area contributed by atoms with Gasteiger partial charge in [-0.25, -0.2) is 4.79 Å². The number of esters is 3. The summed E-state index contributed by atoms with van der Waals surface area (Å²) in [5.41, 5.74) is 0.267. The Hall–Kier alpha value is -1.85. The van der Waals surface area contributed by atoms with Crippen molar-refractivity contribution in [1.82, 2.24) is 0 Å². The quantitative estimate of drug-likeness (QED) is 0.330. The molecule has 2 bridgehead atoms. The smallest absolute Gasteiger partial charge is 0.333 e. The van der Waals surface area contributed by atoms with E-state index in [1.54, 1.807) is 6.92 Å². The maximum atomic E-state index is 11.9. The van der Waals surface area contributed by atoms with E-state index in [4.69, 9.17) is 9.47 Å². The van der Waals surface area contributed by atoms with Crippen molar-refractivity contribution in [3.8, 4) is 0 Å². The summed E-state index contributed by atoms with van der Waals surface area (Å²) in [6.07, 6.45) is -0.544. The van der Waals surface area contributed by atoms with Crippen LogP contribution in [-0.2, 0) is 28.6 Å². The first-order valence-corrected chi connectivity index (χ1v) is 6.51. The first-order valence-electron chi connectivity index (χ1n) is 6.51. The Kier molecular flexibility index (Phi) is 3.83. The van der Waals surface area contributed by atoms with Gasteiger partial charge in [-0.3, -0.25) is 9.59 Å². The van der Waals surface area contributed by atoms with Crippen molar-refractivity contribution in [3.63, 3.8) is 0 Å². The maximum Gasteiger partial charge on any atom is 0.333 e. The highest BCUT2D eigenvalue weighted by Crippen LogP contribution is 2.45. The van der Waals surface area contributed by atoms with Crippen LogP contribution in [0.3, 0.4) is 0 Å².